The lowest BCUT2D eigenvalue weighted by atomic mass is 10.1. The molecular weight excluding hydrogens is 429 g/mol. The van der Waals surface area contributed by atoms with Gasteiger partial charge in [-0.15, -0.1) is 16.4 Å². The van der Waals surface area contributed by atoms with Crippen molar-refractivity contribution in [2.24, 2.45) is 0 Å². The fourth-order valence-electron chi connectivity index (χ4n) is 2.88. The molecule has 0 saturated heterocycles. The van der Waals surface area contributed by atoms with Gasteiger partial charge in [-0.2, -0.15) is 0 Å². The molecule has 30 heavy (non-hydrogen) atoms. The number of rotatable bonds is 5. The van der Waals surface area contributed by atoms with Crippen LogP contribution >= 0.6 is 19.1 Å². The molecule has 0 saturated carbocycles. The lowest BCUT2D eigenvalue weighted by molar-refractivity contribution is 0.104. The van der Waals surface area contributed by atoms with Gasteiger partial charge < -0.3 is 15.0 Å². The highest BCUT2D eigenvalue weighted by Gasteiger charge is 2.32. The molecule has 0 spiro atoms. The van der Waals surface area contributed by atoms with Crippen LogP contribution in [0.25, 0.3) is 22.5 Å². The third kappa shape index (κ3) is 3.80. The number of ketones is 1. The second-order valence-corrected chi connectivity index (χ2v) is 9.86. The topological polar surface area (TPSA) is 146 Å². The Morgan fingerprint density at radius 3 is 2.70 bits per heavy atom. The molecule has 0 aliphatic carbocycles. The monoisotopic (exact) mass is 447 g/mol. The van der Waals surface area contributed by atoms with E-state index in [9.17, 15) is 14.3 Å². The normalized spacial score (nSPS) is 14.1. The molecule has 3 aromatic heterocycles. The Hall–Kier alpha value is -2.85. The van der Waals surface area contributed by atoms with Crippen LogP contribution in [0.3, 0.4) is 0 Å². The number of carbonyl (C=O) groups is 1. The largest absolute Gasteiger partial charge is 0.437 e. The molecule has 0 radical (unpaired) electrons. The number of nitrogens with two attached hydrogens (primary N) is 1. The quantitative estimate of drug-likeness (QED) is 0.345. The van der Waals surface area contributed by atoms with Crippen molar-refractivity contribution in [2.75, 3.05) is 5.73 Å². The molecular formula is C18H18N5O5PS. The lowest BCUT2D eigenvalue weighted by Crippen LogP contribution is -2.19. The standard InChI is InChI=1S/C18H18N5O5PS/c1-18(2,3)28-29(25,26)23-8-11(10-6-4-5-7-13(10)23)14(24)16-20-12(9-30-16)15-21-22-17(19)27-15/h4-9H,1-3H3,(H2,19,22)(H,25,26). The van der Waals surface area contributed by atoms with E-state index in [1.807, 2.05) is 0 Å². The number of fused-ring (bicyclic) bond motifs is 1. The maximum absolute atomic E-state index is 13.2. The minimum absolute atomic E-state index is 0.101. The number of benzene rings is 1. The number of anilines is 1. The van der Waals surface area contributed by atoms with Crippen LogP contribution in [-0.2, 0) is 9.09 Å². The van der Waals surface area contributed by atoms with Gasteiger partial charge in [0.15, 0.2) is 5.01 Å². The summed E-state index contributed by atoms with van der Waals surface area (Å²) in [4.78, 5) is 28.0. The molecule has 0 aliphatic heterocycles. The summed E-state index contributed by atoms with van der Waals surface area (Å²) in [5, 5.41) is 9.59. The molecule has 1 aromatic carbocycles. The zero-order valence-corrected chi connectivity index (χ0v) is 18.0. The summed E-state index contributed by atoms with van der Waals surface area (Å²) in [5.41, 5.74) is 5.51. The first-order chi connectivity index (χ1) is 14.0. The van der Waals surface area contributed by atoms with Crippen molar-refractivity contribution >= 4 is 41.8 Å². The molecule has 0 fully saturated rings. The fourth-order valence-corrected chi connectivity index (χ4v) is 5.14. The maximum Gasteiger partial charge on any atom is 0.437 e. The number of hydrogen-bond acceptors (Lipinski definition) is 9. The van der Waals surface area contributed by atoms with Crippen LogP contribution in [0.1, 0.15) is 36.1 Å². The Morgan fingerprint density at radius 2 is 2.03 bits per heavy atom. The molecule has 4 rings (SSSR count). The van der Waals surface area contributed by atoms with Gasteiger partial charge in [0.2, 0.25) is 5.78 Å². The van der Waals surface area contributed by atoms with Gasteiger partial charge in [0.1, 0.15) is 5.69 Å². The van der Waals surface area contributed by atoms with Gasteiger partial charge in [-0.05, 0) is 26.8 Å². The van der Waals surface area contributed by atoms with Crippen molar-refractivity contribution in [1.82, 2.24) is 19.5 Å². The molecule has 0 amide bonds. The van der Waals surface area contributed by atoms with Crippen LogP contribution in [0.5, 0.6) is 0 Å². The number of nitrogens with zero attached hydrogens (tertiary/aromatic N) is 4. The third-order valence-corrected chi connectivity index (χ3v) is 6.46. The number of hydrogen-bond donors (Lipinski definition) is 2. The first-order valence-corrected chi connectivity index (χ1v) is 11.2. The lowest BCUT2D eigenvalue weighted by Gasteiger charge is -2.24. The van der Waals surface area contributed by atoms with Crippen molar-refractivity contribution in [3.63, 3.8) is 0 Å². The zero-order chi connectivity index (χ0) is 21.7. The second kappa shape index (κ2) is 7.13. The van der Waals surface area contributed by atoms with Crippen molar-refractivity contribution in [3.8, 4) is 11.6 Å². The molecule has 156 valence electrons. The van der Waals surface area contributed by atoms with Crippen LogP contribution in [-0.4, -0.2) is 35.8 Å². The summed E-state index contributed by atoms with van der Waals surface area (Å²) >= 11 is 1.09. The number of aromatic nitrogens is 4. The number of nitrogen functional groups attached to an aromatic ring is 1. The third-order valence-electron chi connectivity index (χ3n) is 3.96. The Balaban J connectivity index is 1.77. The molecule has 3 N–H and O–H groups in total. The van der Waals surface area contributed by atoms with Crippen LogP contribution in [0, 0.1) is 0 Å². The highest BCUT2D eigenvalue weighted by molar-refractivity contribution is 7.51. The highest BCUT2D eigenvalue weighted by atomic mass is 32.1. The van der Waals surface area contributed by atoms with Crippen LogP contribution in [0.2, 0.25) is 0 Å². The maximum atomic E-state index is 13.2. The van der Waals surface area contributed by atoms with E-state index in [0.717, 1.165) is 15.7 Å². The number of carbonyl (C=O) groups excluding carboxylic acids is 1. The second-order valence-electron chi connectivity index (χ2n) is 7.41. The predicted molar refractivity (Wildman–Crippen MR) is 111 cm³/mol. The molecule has 12 heteroatoms. The van der Waals surface area contributed by atoms with E-state index in [-0.39, 0.29) is 22.5 Å². The van der Waals surface area contributed by atoms with Crippen molar-refractivity contribution in [3.05, 3.63) is 46.4 Å². The zero-order valence-electron chi connectivity index (χ0n) is 16.3. The highest BCUT2D eigenvalue weighted by Crippen LogP contribution is 2.50. The molecule has 4 aromatic rings. The van der Waals surface area contributed by atoms with Gasteiger partial charge in [-0.3, -0.25) is 13.7 Å². The van der Waals surface area contributed by atoms with Crippen molar-refractivity contribution < 1.29 is 23.2 Å². The van der Waals surface area contributed by atoms with Crippen LogP contribution in [0.4, 0.5) is 6.01 Å². The van der Waals surface area contributed by atoms with Gasteiger partial charge in [0.25, 0.3) is 5.89 Å². The van der Waals surface area contributed by atoms with E-state index in [0.29, 0.717) is 16.6 Å². The average molecular weight is 447 g/mol. The number of thiazole rings is 1. The van der Waals surface area contributed by atoms with Crippen LogP contribution in [0.15, 0.2) is 40.3 Å². The first-order valence-electron chi connectivity index (χ1n) is 8.79. The summed E-state index contributed by atoms with van der Waals surface area (Å²) in [6.07, 6.45) is 1.32. The van der Waals surface area contributed by atoms with Crippen LogP contribution < -0.4 is 5.73 Å². The van der Waals surface area contributed by atoms with Gasteiger partial charge >= 0.3 is 13.8 Å². The minimum Gasteiger partial charge on any atom is -0.402 e. The summed E-state index contributed by atoms with van der Waals surface area (Å²) in [5.74, 6) is -0.312. The van der Waals surface area contributed by atoms with E-state index in [4.69, 9.17) is 14.7 Å². The smallest absolute Gasteiger partial charge is 0.402 e. The van der Waals surface area contributed by atoms with E-state index in [1.54, 1.807) is 50.4 Å². The molecule has 1 atom stereocenters. The SMILES string of the molecule is CC(C)(C)OP(=O)(O)n1cc(C(=O)c2nc(-c3nnc(N)o3)cs2)c2ccccc21. The molecule has 1 unspecified atom stereocenters. The Morgan fingerprint density at radius 1 is 1.30 bits per heavy atom. The summed E-state index contributed by atoms with van der Waals surface area (Å²) in [6, 6.07) is 6.70. The fraction of sp³-hybridized carbons (Fsp3) is 0.222. The van der Waals surface area contributed by atoms with E-state index in [1.165, 1.54) is 6.20 Å². The summed E-state index contributed by atoms with van der Waals surface area (Å²) in [6.45, 7) is 5.03. The van der Waals surface area contributed by atoms with Gasteiger partial charge in [-0.1, -0.05) is 23.3 Å². The first kappa shape index (κ1) is 20.4. The van der Waals surface area contributed by atoms with Gasteiger partial charge in [0.05, 0.1) is 16.7 Å². The Kier molecular flexibility index (Phi) is 4.86. The predicted octanol–water partition coefficient (Wildman–Crippen LogP) is 3.72. The number of para-hydroxylation sites is 1. The van der Waals surface area contributed by atoms with E-state index in [2.05, 4.69) is 15.2 Å². The summed E-state index contributed by atoms with van der Waals surface area (Å²) in [7, 11) is -4.26. The van der Waals surface area contributed by atoms with E-state index >= 15 is 0 Å². The Labute approximate surface area is 174 Å². The Bertz CT molecular complexity index is 1300. The molecule has 0 aliphatic rings. The summed E-state index contributed by atoms with van der Waals surface area (Å²) < 4.78 is 24.6. The average Bonchev–Trinajstić information content (AvgIpc) is 3.37. The molecule has 3 heterocycles. The minimum atomic E-state index is -4.26. The molecule has 10 nitrogen and oxygen atoms in total. The van der Waals surface area contributed by atoms with Gasteiger partial charge in [0, 0.05) is 17.0 Å². The van der Waals surface area contributed by atoms with Crippen molar-refractivity contribution in [1.29, 1.82) is 0 Å². The van der Waals surface area contributed by atoms with E-state index < -0.39 is 19.1 Å². The van der Waals surface area contributed by atoms with Crippen molar-refractivity contribution in [2.45, 2.75) is 26.4 Å². The van der Waals surface area contributed by atoms with Gasteiger partial charge in [-0.25, -0.2) is 9.55 Å². The molecule has 0 bridgehead atoms.